The molecule has 1 saturated heterocycles. The lowest BCUT2D eigenvalue weighted by Crippen LogP contribution is -2.46. The van der Waals surface area contributed by atoms with Crippen molar-refractivity contribution in [1.82, 2.24) is 4.90 Å². The number of amides is 2. The van der Waals surface area contributed by atoms with Gasteiger partial charge in [0.15, 0.2) is 0 Å². The molecule has 0 aliphatic carbocycles. The van der Waals surface area contributed by atoms with Crippen LogP contribution in [0.3, 0.4) is 0 Å². The van der Waals surface area contributed by atoms with Crippen LogP contribution in [-0.2, 0) is 16.0 Å². The van der Waals surface area contributed by atoms with Crippen molar-refractivity contribution in [2.45, 2.75) is 25.7 Å². The fourth-order valence-electron chi connectivity index (χ4n) is 4.25. The molecule has 162 valence electrons. The highest BCUT2D eigenvalue weighted by molar-refractivity contribution is 6.29. The maximum absolute atomic E-state index is 13.5. The number of hydrogen-bond donors (Lipinski definition) is 0. The van der Waals surface area contributed by atoms with E-state index in [0.29, 0.717) is 17.8 Å². The van der Waals surface area contributed by atoms with Gasteiger partial charge in [-0.3, -0.25) is 19.5 Å². The van der Waals surface area contributed by atoms with Crippen LogP contribution in [0.5, 0.6) is 0 Å². The maximum atomic E-state index is 13.5. The zero-order valence-corrected chi connectivity index (χ0v) is 18.0. The minimum Gasteiger partial charge on any atom is -0.379 e. The van der Waals surface area contributed by atoms with Gasteiger partial charge >= 0.3 is 0 Å². The molecule has 2 aliphatic rings. The van der Waals surface area contributed by atoms with Crippen molar-refractivity contribution < 1.29 is 14.3 Å². The molecule has 1 atom stereocenters. The Bertz CT molecular complexity index is 966. The number of morpholine rings is 1. The van der Waals surface area contributed by atoms with Crippen molar-refractivity contribution in [1.29, 1.82) is 0 Å². The molecule has 0 bridgehead atoms. The Kier molecular flexibility index (Phi) is 6.89. The van der Waals surface area contributed by atoms with E-state index >= 15 is 0 Å². The first-order valence-electron chi connectivity index (χ1n) is 11.1. The van der Waals surface area contributed by atoms with E-state index in [1.807, 2.05) is 49.4 Å². The molecule has 0 unspecified atom stereocenters. The summed E-state index contributed by atoms with van der Waals surface area (Å²) < 4.78 is 5.38. The standard InChI is InChI=1S/C25H29N3O3/c1-2-19-8-3-6-11-23(19)28-24(29)21-10-5-4-9-20(21)22(25(28)30)18-26-12-7-13-27-14-16-31-17-15-27/h3-6,8-11,18,22H,2,7,12-17H2,1H3/t22-/m1/s1. The molecule has 6 nitrogen and oxygen atoms in total. The van der Waals surface area contributed by atoms with Gasteiger partial charge in [-0.25, -0.2) is 4.90 Å². The second kappa shape index (κ2) is 9.98. The van der Waals surface area contributed by atoms with Crippen LogP contribution < -0.4 is 4.90 Å². The van der Waals surface area contributed by atoms with Gasteiger partial charge in [0.05, 0.1) is 24.8 Å². The van der Waals surface area contributed by atoms with Gasteiger partial charge in [0.1, 0.15) is 0 Å². The molecule has 1 fully saturated rings. The molecule has 0 saturated carbocycles. The Morgan fingerprint density at radius 3 is 2.61 bits per heavy atom. The zero-order chi connectivity index (χ0) is 21.6. The predicted octanol–water partition coefficient (Wildman–Crippen LogP) is 3.31. The molecule has 2 heterocycles. The van der Waals surface area contributed by atoms with Gasteiger partial charge in [0.25, 0.3) is 5.91 Å². The highest BCUT2D eigenvalue weighted by Gasteiger charge is 2.39. The van der Waals surface area contributed by atoms with Crippen LogP contribution in [0, 0.1) is 0 Å². The summed E-state index contributed by atoms with van der Waals surface area (Å²) in [5.41, 5.74) is 2.95. The van der Waals surface area contributed by atoms with E-state index in [2.05, 4.69) is 9.89 Å². The van der Waals surface area contributed by atoms with Crippen LogP contribution >= 0.6 is 0 Å². The van der Waals surface area contributed by atoms with Crippen LogP contribution in [0.4, 0.5) is 5.69 Å². The first kappa shape index (κ1) is 21.4. The molecule has 4 rings (SSSR count). The monoisotopic (exact) mass is 419 g/mol. The number of ether oxygens (including phenoxy) is 1. The summed E-state index contributed by atoms with van der Waals surface area (Å²) in [6.45, 7) is 7.17. The molecule has 2 aliphatic heterocycles. The molecular formula is C25H29N3O3. The van der Waals surface area contributed by atoms with Crippen molar-refractivity contribution in [3.05, 3.63) is 65.2 Å². The van der Waals surface area contributed by atoms with E-state index in [4.69, 9.17) is 4.74 Å². The van der Waals surface area contributed by atoms with Gasteiger partial charge in [-0.1, -0.05) is 43.3 Å². The van der Waals surface area contributed by atoms with Crippen molar-refractivity contribution in [2.75, 3.05) is 44.3 Å². The van der Waals surface area contributed by atoms with Crippen molar-refractivity contribution in [3.8, 4) is 0 Å². The first-order chi connectivity index (χ1) is 15.2. The summed E-state index contributed by atoms with van der Waals surface area (Å²) in [5.74, 6) is -1.05. The number of imide groups is 1. The molecule has 6 heteroatoms. The van der Waals surface area contributed by atoms with Crippen molar-refractivity contribution >= 4 is 23.7 Å². The third-order valence-electron chi connectivity index (χ3n) is 5.95. The van der Waals surface area contributed by atoms with Crippen LogP contribution in [-0.4, -0.2) is 62.3 Å². The Balaban J connectivity index is 1.54. The number of rotatable bonds is 7. The number of nitrogens with zero attached hydrogens (tertiary/aromatic N) is 3. The molecule has 0 radical (unpaired) electrons. The number of benzene rings is 2. The third kappa shape index (κ3) is 4.60. The Morgan fingerprint density at radius 1 is 1.06 bits per heavy atom. The number of anilines is 1. The van der Waals surface area contributed by atoms with Gasteiger partial charge in [-0.2, -0.15) is 0 Å². The molecule has 2 amide bonds. The molecule has 0 spiro atoms. The SMILES string of the molecule is CCc1ccccc1N1C(=O)c2ccccc2[C@@H](C=NCCCN2CCOCC2)C1=O. The smallest absolute Gasteiger partial charge is 0.265 e. The van der Waals surface area contributed by atoms with E-state index in [1.165, 1.54) is 4.90 Å². The van der Waals surface area contributed by atoms with Crippen LogP contribution in [0.25, 0.3) is 0 Å². The lowest BCUT2D eigenvalue weighted by atomic mass is 9.88. The Hall–Kier alpha value is -2.83. The van der Waals surface area contributed by atoms with E-state index in [0.717, 1.165) is 56.8 Å². The Morgan fingerprint density at radius 2 is 1.81 bits per heavy atom. The molecule has 2 aromatic carbocycles. The zero-order valence-electron chi connectivity index (χ0n) is 18.0. The van der Waals surface area contributed by atoms with Gasteiger partial charge < -0.3 is 4.74 Å². The fraction of sp³-hybridized carbons (Fsp3) is 0.400. The van der Waals surface area contributed by atoms with E-state index < -0.39 is 5.92 Å². The summed E-state index contributed by atoms with van der Waals surface area (Å²) in [4.78, 5) is 35.0. The van der Waals surface area contributed by atoms with Crippen LogP contribution in [0.1, 0.15) is 40.7 Å². The summed E-state index contributed by atoms with van der Waals surface area (Å²) in [7, 11) is 0. The maximum Gasteiger partial charge on any atom is 0.265 e. The summed E-state index contributed by atoms with van der Waals surface area (Å²) in [6, 6.07) is 15.0. The lowest BCUT2D eigenvalue weighted by Gasteiger charge is -2.32. The van der Waals surface area contributed by atoms with E-state index in [1.54, 1.807) is 12.3 Å². The second-order valence-electron chi connectivity index (χ2n) is 7.89. The van der Waals surface area contributed by atoms with Crippen molar-refractivity contribution in [3.63, 3.8) is 0 Å². The number of hydrogen-bond acceptors (Lipinski definition) is 5. The molecule has 0 aromatic heterocycles. The summed E-state index contributed by atoms with van der Waals surface area (Å²) in [5, 5.41) is 0. The van der Waals surface area contributed by atoms with Crippen LogP contribution in [0.2, 0.25) is 0 Å². The largest absolute Gasteiger partial charge is 0.379 e. The van der Waals surface area contributed by atoms with Crippen molar-refractivity contribution in [2.24, 2.45) is 4.99 Å². The summed E-state index contributed by atoms with van der Waals surface area (Å²) in [6.07, 6.45) is 3.41. The number of carbonyl (C=O) groups is 2. The molecule has 31 heavy (non-hydrogen) atoms. The number of aliphatic imine (C=N–C) groups is 1. The number of fused-ring (bicyclic) bond motifs is 1. The highest BCUT2D eigenvalue weighted by atomic mass is 16.5. The van der Waals surface area contributed by atoms with E-state index in [9.17, 15) is 9.59 Å². The average Bonchev–Trinajstić information content (AvgIpc) is 2.82. The van der Waals surface area contributed by atoms with E-state index in [-0.39, 0.29) is 11.8 Å². The number of aryl methyl sites for hydroxylation is 1. The highest BCUT2D eigenvalue weighted by Crippen LogP contribution is 2.33. The average molecular weight is 420 g/mol. The molecule has 0 N–H and O–H groups in total. The predicted molar refractivity (Wildman–Crippen MR) is 122 cm³/mol. The van der Waals surface area contributed by atoms with Gasteiger partial charge in [-0.15, -0.1) is 0 Å². The Labute approximate surface area is 183 Å². The molecular weight excluding hydrogens is 390 g/mol. The lowest BCUT2D eigenvalue weighted by molar-refractivity contribution is -0.118. The second-order valence-corrected chi connectivity index (χ2v) is 7.89. The quantitative estimate of drug-likeness (QED) is 0.392. The van der Waals surface area contributed by atoms with Crippen LogP contribution in [0.15, 0.2) is 53.5 Å². The molecule has 2 aromatic rings. The van der Waals surface area contributed by atoms with Gasteiger partial charge in [0.2, 0.25) is 5.91 Å². The van der Waals surface area contributed by atoms with Gasteiger partial charge in [0, 0.05) is 38.0 Å². The minimum atomic E-state index is -0.554. The fourth-order valence-corrected chi connectivity index (χ4v) is 4.25. The normalized spacial score (nSPS) is 19.8. The topological polar surface area (TPSA) is 62.2 Å². The third-order valence-corrected chi connectivity index (χ3v) is 5.95. The first-order valence-corrected chi connectivity index (χ1v) is 11.1. The minimum absolute atomic E-state index is 0.235. The number of para-hydroxylation sites is 1. The number of carbonyl (C=O) groups excluding carboxylic acids is 2. The summed E-state index contributed by atoms with van der Waals surface area (Å²) >= 11 is 0. The van der Waals surface area contributed by atoms with Gasteiger partial charge in [-0.05, 0) is 36.1 Å².